The second kappa shape index (κ2) is 6.38. The summed E-state index contributed by atoms with van der Waals surface area (Å²) in [6.45, 7) is 0. The lowest BCUT2D eigenvalue weighted by atomic mass is 10.1. The lowest BCUT2D eigenvalue weighted by Crippen LogP contribution is -2.14. The Labute approximate surface area is 150 Å². The van der Waals surface area contributed by atoms with Gasteiger partial charge in [0, 0.05) is 11.8 Å². The normalized spacial score (nSPS) is 12.3. The molecule has 3 aromatic rings. The highest BCUT2D eigenvalue weighted by Crippen LogP contribution is 2.31. The SMILES string of the molecule is CS(=O)(=O)c1ccc(-c2coc(=O)n2-c2cccc(C(F)(F)F)c2)cc1F. The molecule has 0 amide bonds. The van der Waals surface area contributed by atoms with E-state index in [0.29, 0.717) is 0 Å². The Balaban J connectivity index is 2.17. The summed E-state index contributed by atoms with van der Waals surface area (Å²) in [6.07, 6.45) is -2.83. The van der Waals surface area contributed by atoms with Crippen molar-refractivity contribution >= 4 is 9.84 Å². The average molecular weight is 401 g/mol. The molecule has 0 N–H and O–H groups in total. The van der Waals surface area contributed by atoms with Gasteiger partial charge in [-0.05, 0) is 30.3 Å². The molecule has 0 radical (unpaired) electrons. The summed E-state index contributed by atoms with van der Waals surface area (Å²) < 4.78 is 81.5. The molecule has 0 atom stereocenters. The van der Waals surface area contributed by atoms with Gasteiger partial charge in [0.2, 0.25) is 0 Å². The van der Waals surface area contributed by atoms with Crippen LogP contribution >= 0.6 is 0 Å². The van der Waals surface area contributed by atoms with Crippen molar-refractivity contribution in [2.75, 3.05) is 6.26 Å². The highest BCUT2D eigenvalue weighted by atomic mass is 32.2. The molecule has 0 bridgehead atoms. The van der Waals surface area contributed by atoms with E-state index in [0.717, 1.165) is 47.4 Å². The second-order valence-electron chi connectivity index (χ2n) is 5.69. The van der Waals surface area contributed by atoms with Gasteiger partial charge in [0.05, 0.1) is 16.9 Å². The predicted molar refractivity (Wildman–Crippen MR) is 87.8 cm³/mol. The van der Waals surface area contributed by atoms with Crippen LogP contribution in [0.4, 0.5) is 17.6 Å². The zero-order chi connectivity index (χ0) is 20.0. The molecule has 2 aromatic carbocycles. The number of alkyl halides is 3. The topological polar surface area (TPSA) is 69.3 Å². The Kier molecular flexibility index (Phi) is 4.46. The molecular weight excluding hydrogens is 390 g/mol. The fourth-order valence-electron chi connectivity index (χ4n) is 2.53. The Morgan fingerprint density at radius 2 is 1.78 bits per heavy atom. The summed E-state index contributed by atoms with van der Waals surface area (Å²) in [5.41, 5.74) is -1.08. The van der Waals surface area contributed by atoms with Crippen molar-refractivity contribution in [2.45, 2.75) is 11.1 Å². The van der Waals surface area contributed by atoms with Crippen molar-refractivity contribution in [2.24, 2.45) is 0 Å². The van der Waals surface area contributed by atoms with E-state index in [1.165, 1.54) is 12.1 Å². The predicted octanol–water partition coefficient (Wildman–Crippen LogP) is 3.66. The van der Waals surface area contributed by atoms with Gasteiger partial charge >= 0.3 is 11.9 Å². The smallest absolute Gasteiger partial charge is 0.415 e. The van der Waals surface area contributed by atoms with Gasteiger partial charge < -0.3 is 4.42 Å². The lowest BCUT2D eigenvalue weighted by Gasteiger charge is -2.11. The summed E-state index contributed by atoms with van der Waals surface area (Å²) in [4.78, 5) is 11.5. The van der Waals surface area contributed by atoms with Crippen LogP contribution in [0, 0.1) is 5.82 Å². The number of oxazole rings is 1. The first-order valence-corrected chi connectivity index (χ1v) is 9.26. The van der Waals surface area contributed by atoms with Crippen molar-refractivity contribution < 1.29 is 30.4 Å². The van der Waals surface area contributed by atoms with Gasteiger partial charge in [-0.1, -0.05) is 12.1 Å². The van der Waals surface area contributed by atoms with Gasteiger partial charge in [0.25, 0.3) is 0 Å². The van der Waals surface area contributed by atoms with Crippen molar-refractivity contribution in [1.82, 2.24) is 4.57 Å². The number of hydrogen-bond acceptors (Lipinski definition) is 4. The Morgan fingerprint density at radius 1 is 1.07 bits per heavy atom. The third-order valence-corrected chi connectivity index (χ3v) is 4.88. The Hall–Kier alpha value is -2.88. The quantitative estimate of drug-likeness (QED) is 0.628. The number of sulfone groups is 1. The van der Waals surface area contributed by atoms with Crippen LogP contribution in [0.25, 0.3) is 16.9 Å². The maximum atomic E-state index is 14.1. The molecule has 0 aliphatic carbocycles. The summed E-state index contributed by atoms with van der Waals surface area (Å²) in [7, 11) is -3.80. The standard InChI is InChI=1S/C17H11F4NO4S/c1-27(24,25)15-6-5-10(7-13(15)18)14-9-26-16(23)22(14)12-4-2-3-11(8-12)17(19,20)21/h2-9H,1H3. The maximum Gasteiger partial charge on any atom is 0.424 e. The van der Waals surface area contributed by atoms with E-state index in [9.17, 15) is 30.8 Å². The zero-order valence-corrected chi connectivity index (χ0v) is 14.4. The van der Waals surface area contributed by atoms with Crippen LogP contribution in [0.3, 0.4) is 0 Å². The number of rotatable bonds is 3. The molecule has 0 unspecified atom stereocenters. The van der Waals surface area contributed by atoms with Gasteiger partial charge in [-0.25, -0.2) is 22.2 Å². The molecule has 0 spiro atoms. The fraction of sp³-hybridized carbons (Fsp3) is 0.118. The van der Waals surface area contributed by atoms with E-state index >= 15 is 0 Å². The first-order valence-electron chi connectivity index (χ1n) is 7.36. The van der Waals surface area contributed by atoms with Gasteiger partial charge in [-0.2, -0.15) is 13.2 Å². The van der Waals surface area contributed by atoms with Crippen LogP contribution in [0.5, 0.6) is 0 Å². The molecule has 1 aromatic heterocycles. The number of aromatic nitrogens is 1. The Bertz CT molecular complexity index is 1180. The minimum absolute atomic E-state index is 0.0294. The molecule has 0 aliphatic rings. The van der Waals surface area contributed by atoms with Crippen molar-refractivity contribution in [3.8, 4) is 16.9 Å². The van der Waals surface area contributed by atoms with E-state index in [1.54, 1.807) is 0 Å². The molecule has 27 heavy (non-hydrogen) atoms. The second-order valence-corrected chi connectivity index (χ2v) is 7.67. The van der Waals surface area contributed by atoms with Crippen molar-refractivity contribution in [3.05, 3.63) is 70.7 Å². The average Bonchev–Trinajstić information content (AvgIpc) is 2.94. The minimum atomic E-state index is -4.62. The zero-order valence-electron chi connectivity index (χ0n) is 13.6. The van der Waals surface area contributed by atoms with Crippen molar-refractivity contribution in [3.63, 3.8) is 0 Å². The highest BCUT2D eigenvalue weighted by Gasteiger charge is 2.31. The number of benzene rings is 2. The summed E-state index contributed by atoms with van der Waals surface area (Å²) in [5, 5.41) is 0. The number of halogens is 4. The molecule has 142 valence electrons. The van der Waals surface area contributed by atoms with Crippen LogP contribution in [0.2, 0.25) is 0 Å². The molecule has 10 heteroatoms. The van der Waals surface area contributed by atoms with Gasteiger partial charge in [-0.15, -0.1) is 0 Å². The third-order valence-electron chi connectivity index (χ3n) is 3.75. The summed E-state index contributed by atoms with van der Waals surface area (Å²) in [5.74, 6) is -2.03. The van der Waals surface area contributed by atoms with Crippen LogP contribution < -0.4 is 5.76 Å². The Morgan fingerprint density at radius 3 is 2.37 bits per heavy atom. The largest absolute Gasteiger partial charge is 0.424 e. The lowest BCUT2D eigenvalue weighted by molar-refractivity contribution is -0.137. The van der Waals surface area contributed by atoms with E-state index in [-0.39, 0.29) is 16.9 Å². The molecule has 1 heterocycles. The van der Waals surface area contributed by atoms with Crippen LogP contribution in [0.15, 0.2) is 62.8 Å². The first kappa shape index (κ1) is 18.9. The number of hydrogen-bond donors (Lipinski definition) is 0. The molecule has 0 fully saturated rings. The number of nitrogens with zero attached hydrogens (tertiary/aromatic N) is 1. The third kappa shape index (κ3) is 3.65. The first-order chi connectivity index (χ1) is 12.5. The summed E-state index contributed by atoms with van der Waals surface area (Å²) in [6, 6.07) is 7.08. The van der Waals surface area contributed by atoms with Gasteiger partial charge in [-0.3, -0.25) is 0 Å². The molecule has 3 rings (SSSR count). The fourth-order valence-corrected chi connectivity index (χ4v) is 3.26. The van der Waals surface area contributed by atoms with E-state index in [2.05, 4.69) is 0 Å². The maximum absolute atomic E-state index is 14.1. The molecule has 0 aliphatic heterocycles. The van der Waals surface area contributed by atoms with Crippen LogP contribution in [-0.4, -0.2) is 19.2 Å². The minimum Gasteiger partial charge on any atom is -0.415 e. The van der Waals surface area contributed by atoms with E-state index in [4.69, 9.17) is 4.42 Å². The van der Waals surface area contributed by atoms with Gasteiger partial charge in [0.15, 0.2) is 9.84 Å². The summed E-state index contributed by atoms with van der Waals surface area (Å²) >= 11 is 0. The van der Waals surface area contributed by atoms with E-state index in [1.807, 2.05) is 0 Å². The van der Waals surface area contributed by atoms with Crippen LogP contribution in [0.1, 0.15) is 5.56 Å². The highest BCUT2D eigenvalue weighted by molar-refractivity contribution is 7.90. The van der Waals surface area contributed by atoms with Crippen LogP contribution in [-0.2, 0) is 16.0 Å². The molecule has 5 nitrogen and oxygen atoms in total. The monoisotopic (exact) mass is 401 g/mol. The molecule has 0 saturated carbocycles. The van der Waals surface area contributed by atoms with E-state index < -0.39 is 38.0 Å². The van der Waals surface area contributed by atoms with Crippen molar-refractivity contribution in [1.29, 1.82) is 0 Å². The van der Waals surface area contributed by atoms with Gasteiger partial charge in [0.1, 0.15) is 17.0 Å². The molecular formula is C17H11F4NO4S. The molecule has 0 saturated heterocycles.